The topological polar surface area (TPSA) is 70.0 Å². The summed E-state index contributed by atoms with van der Waals surface area (Å²) >= 11 is 0. The maximum atomic E-state index is 11.4. The third kappa shape index (κ3) is 3.71. The molecule has 1 saturated heterocycles. The van der Waals surface area contributed by atoms with Gasteiger partial charge in [0.25, 0.3) is 0 Å². The molecule has 0 amide bonds. The first-order valence-corrected chi connectivity index (χ1v) is 7.77. The van der Waals surface area contributed by atoms with Gasteiger partial charge in [-0.25, -0.2) is 0 Å². The molecular formula is C15H27NO4. The van der Waals surface area contributed by atoms with Crippen LogP contribution in [0.1, 0.15) is 46.0 Å². The van der Waals surface area contributed by atoms with Crippen LogP contribution in [0.2, 0.25) is 0 Å². The molecule has 2 rings (SSSR count). The molecule has 0 aromatic carbocycles. The Kier molecular flexibility index (Phi) is 5.41. The van der Waals surface area contributed by atoms with E-state index in [1.165, 1.54) is 12.8 Å². The van der Waals surface area contributed by atoms with Crippen molar-refractivity contribution in [1.29, 1.82) is 0 Å². The fraction of sp³-hybridized carbons (Fsp3) is 0.933. The van der Waals surface area contributed by atoms with Crippen LogP contribution in [-0.2, 0) is 9.53 Å². The van der Waals surface area contributed by atoms with Gasteiger partial charge < -0.3 is 14.9 Å². The molecule has 5 heteroatoms. The van der Waals surface area contributed by atoms with Gasteiger partial charge in [-0.05, 0) is 39.0 Å². The second kappa shape index (κ2) is 6.87. The molecule has 0 aromatic rings. The minimum Gasteiger partial charge on any atom is -0.480 e. The molecule has 4 atom stereocenters. The van der Waals surface area contributed by atoms with Gasteiger partial charge in [0.15, 0.2) is 0 Å². The second-order valence-corrected chi connectivity index (χ2v) is 6.43. The lowest BCUT2D eigenvalue weighted by Gasteiger charge is -2.34. The van der Waals surface area contributed by atoms with E-state index in [2.05, 4.69) is 0 Å². The van der Waals surface area contributed by atoms with Gasteiger partial charge in [-0.2, -0.15) is 0 Å². The zero-order valence-corrected chi connectivity index (χ0v) is 12.5. The van der Waals surface area contributed by atoms with Crippen LogP contribution in [0.3, 0.4) is 0 Å². The second-order valence-electron chi connectivity index (χ2n) is 6.43. The molecule has 5 nitrogen and oxygen atoms in total. The van der Waals surface area contributed by atoms with Gasteiger partial charge in [-0.3, -0.25) is 9.69 Å². The zero-order valence-electron chi connectivity index (χ0n) is 12.5. The van der Waals surface area contributed by atoms with Gasteiger partial charge in [-0.1, -0.05) is 12.8 Å². The van der Waals surface area contributed by atoms with Gasteiger partial charge in [-0.15, -0.1) is 0 Å². The lowest BCUT2D eigenvalue weighted by Crippen LogP contribution is -2.47. The Labute approximate surface area is 120 Å². The van der Waals surface area contributed by atoms with Crippen molar-refractivity contribution in [3.63, 3.8) is 0 Å². The molecule has 0 bridgehead atoms. The maximum absolute atomic E-state index is 11.4. The van der Waals surface area contributed by atoms with Crippen LogP contribution >= 0.6 is 0 Å². The van der Waals surface area contributed by atoms with E-state index in [1.54, 1.807) is 0 Å². The van der Waals surface area contributed by atoms with Crippen molar-refractivity contribution < 1.29 is 19.7 Å². The lowest BCUT2D eigenvalue weighted by atomic mass is 9.85. The summed E-state index contributed by atoms with van der Waals surface area (Å²) in [5.74, 6) is -0.264. The van der Waals surface area contributed by atoms with E-state index in [9.17, 15) is 15.0 Å². The molecular weight excluding hydrogens is 258 g/mol. The number of aliphatic hydroxyl groups is 1. The highest BCUT2D eigenvalue weighted by Gasteiger charge is 2.45. The van der Waals surface area contributed by atoms with Crippen LogP contribution in [0.4, 0.5) is 0 Å². The molecule has 116 valence electrons. The highest BCUT2D eigenvalue weighted by Crippen LogP contribution is 2.39. The van der Waals surface area contributed by atoms with Gasteiger partial charge in [0.2, 0.25) is 0 Å². The quantitative estimate of drug-likeness (QED) is 0.774. The average molecular weight is 285 g/mol. The number of aliphatic hydroxyl groups excluding tert-OH is 1. The Morgan fingerprint density at radius 2 is 2.05 bits per heavy atom. The number of rotatable bonds is 6. The highest BCUT2D eigenvalue weighted by atomic mass is 16.5. The third-order valence-corrected chi connectivity index (χ3v) is 4.55. The number of carboxylic acid groups (broad SMARTS) is 1. The molecule has 0 aromatic heterocycles. The monoisotopic (exact) mass is 285 g/mol. The first-order chi connectivity index (χ1) is 9.49. The predicted octanol–water partition coefficient (Wildman–Crippen LogP) is 1.49. The summed E-state index contributed by atoms with van der Waals surface area (Å²) in [7, 11) is 0. The average Bonchev–Trinajstić information content (AvgIpc) is 2.76. The molecule has 2 fully saturated rings. The molecule has 0 spiro atoms. The van der Waals surface area contributed by atoms with Crippen LogP contribution in [0.5, 0.6) is 0 Å². The lowest BCUT2D eigenvalue weighted by molar-refractivity contribution is -0.143. The van der Waals surface area contributed by atoms with E-state index in [0.29, 0.717) is 18.5 Å². The van der Waals surface area contributed by atoms with Crippen LogP contribution in [-0.4, -0.2) is 58.5 Å². The number of hydrogen-bond acceptors (Lipinski definition) is 4. The molecule has 20 heavy (non-hydrogen) atoms. The molecule has 4 unspecified atom stereocenters. The van der Waals surface area contributed by atoms with Crippen molar-refractivity contribution in [2.24, 2.45) is 5.92 Å². The van der Waals surface area contributed by atoms with Crippen molar-refractivity contribution >= 4 is 5.97 Å². The fourth-order valence-electron chi connectivity index (χ4n) is 3.66. The normalized spacial score (nSPS) is 32.3. The summed E-state index contributed by atoms with van der Waals surface area (Å²) in [4.78, 5) is 13.5. The Hall–Kier alpha value is -0.650. The van der Waals surface area contributed by atoms with Crippen molar-refractivity contribution in [1.82, 2.24) is 4.90 Å². The van der Waals surface area contributed by atoms with Crippen molar-refractivity contribution in [3.05, 3.63) is 0 Å². The largest absolute Gasteiger partial charge is 0.480 e. The van der Waals surface area contributed by atoms with Gasteiger partial charge >= 0.3 is 5.97 Å². The number of ether oxygens (including phenoxy) is 1. The van der Waals surface area contributed by atoms with E-state index in [0.717, 1.165) is 19.3 Å². The highest BCUT2D eigenvalue weighted by molar-refractivity contribution is 5.74. The fourth-order valence-corrected chi connectivity index (χ4v) is 3.66. The molecule has 2 aliphatic rings. The number of nitrogens with zero attached hydrogens (tertiary/aromatic N) is 1. The minimum atomic E-state index is -0.753. The van der Waals surface area contributed by atoms with Gasteiger partial charge in [0.05, 0.1) is 18.8 Å². The zero-order chi connectivity index (χ0) is 14.7. The van der Waals surface area contributed by atoms with Crippen LogP contribution in [0, 0.1) is 5.92 Å². The van der Waals surface area contributed by atoms with E-state index < -0.39 is 18.1 Å². The van der Waals surface area contributed by atoms with E-state index in [1.807, 2.05) is 18.7 Å². The van der Waals surface area contributed by atoms with Crippen LogP contribution < -0.4 is 0 Å². The number of hydrogen-bond donors (Lipinski definition) is 2. The molecule has 1 aliphatic carbocycles. The Morgan fingerprint density at radius 3 is 2.70 bits per heavy atom. The number of carbonyl (C=O) groups is 1. The van der Waals surface area contributed by atoms with Gasteiger partial charge in [0.1, 0.15) is 6.04 Å². The summed E-state index contributed by atoms with van der Waals surface area (Å²) < 4.78 is 5.42. The summed E-state index contributed by atoms with van der Waals surface area (Å²) in [5.41, 5.74) is 0. The SMILES string of the molecule is CC(C)OCC(O)CN1C(C(=O)O)CC2CCCCC21. The molecule has 2 N–H and O–H groups in total. The number of fused-ring (bicyclic) bond motifs is 1. The molecule has 1 aliphatic heterocycles. The Morgan fingerprint density at radius 1 is 1.35 bits per heavy atom. The maximum Gasteiger partial charge on any atom is 0.320 e. The number of aliphatic carboxylic acids is 1. The standard InChI is InChI=1S/C15H27NO4/c1-10(2)20-9-12(17)8-16-13-6-4-3-5-11(13)7-14(16)15(18)19/h10-14,17H,3-9H2,1-2H3,(H,18,19). The molecule has 0 radical (unpaired) electrons. The minimum absolute atomic E-state index is 0.0842. The van der Waals surface area contributed by atoms with Gasteiger partial charge in [0, 0.05) is 12.6 Å². The smallest absolute Gasteiger partial charge is 0.320 e. The summed E-state index contributed by atoms with van der Waals surface area (Å²) in [5, 5.41) is 19.5. The third-order valence-electron chi connectivity index (χ3n) is 4.55. The Bertz CT molecular complexity index is 334. The van der Waals surface area contributed by atoms with E-state index in [-0.39, 0.29) is 12.7 Å². The van der Waals surface area contributed by atoms with Crippen LogP contribution in [0.25, 0.3) is 0 Å². The Balaban J connectivity index is 1.96. The predicted molar refractivity (Wildman–Crippen MR) is 75.6 cm³/mol. The summed E-state index contributed by atoms with van der Waals surface area (Å²) in [6.45, 7) is 4.54. The number of β-amino-alcohol motifs (C(OH)–C–C–N with tert-alkyl or cyclic N) is 1. The van der Waals surface area contributed by atoms with Crippen molar-refractivity contribution in [3.8, 4) is 0 Å². The first-order valence-electron chi connectivity index (χ1n) is 7.77. The molecule has 1 heterocycles. The van der Waals surface area contributed by atoms with E-state index in [4.69, 9.17) is 4.74 Å². The number of likely N-dealkylation sites (tertiary alicyclic amines) is 1. The first kappa shape index (κ1) is 15.7. The summed E-state index contributed by atoms with van der Waals surface area (Å²) in [6.07, 6.45) is 4.78. The summed E-state index contributed by atoms with van der Waals surface area (Å²) in [6, 6.07) is -0.102. The van der Waals surface area contributed by atoms with Crippen LogP contribution in [0.15, 0.2) is 0 Å². The number of carboxylic acids is 1. The van der Waals surface area contributed by atoms with E-state index >= 15 is 0 Å². The van der Waals surface area contributed by atoms with Crippen molar-refractivity contribution in [2.75, 3.05) is 13.2 Å². The molecule has 1 saturated carbocycles. The van der Waals surface area contributed by atoms with Crippen molar-refractivity contribution in [2.45, 2.75) is 70.2 Å².